The smallest absolute Gasteiger partial charge is 0.377 e. The molecule has 3 N–H and O–H groups in total. The van der Waals surface area contributed by atoms with Crippen molar-refractivity contribution in [2.75, 3.05) is 13.7 Å². The molecule has 0 aliphatic carbocycles. The van der Waals surface area contributed by atoms with Gasteiger partial charge in [-0.05, 0) is 0 Å². The molecule has 0 bridgehead atoms. The quantitative estimate of drug-likeness (QED) is 0.323. The van der Waals surface area contributed by atoms with E-state index in [1.807, 2.05) is 0 Å². The van der Waals surface area contributed by atoms with Crippen molar-refractivity contribution in [1.82, 2.24) is 0 Å². The third kappa shape index (κ3) is 2.57. The molecule has 0 rings (SSSR count). The summed E-state index contributed by atoms with van der Waals surface area (Å²) in [5.74, 6) is -2.53. The summed E-state index contributed by atoms with van der Waals surface area (Å²) in [5.41, 5.74) is 0. The van der Waals surface area contributed by atoms with E-state index in [2.05, 4.69) is 4.74 Å². The van der Waals surface area contributed by atoms with Crippen LogP contribution in [0.1, 0.15) is 0 Å². The Morgan fingerprint density at radius 2 is 1.92 bits per heavy atom. The first kappa shape index (κ1) is 11.0. The van der Waals surface area contributed by atoms with Crippen LogP contribution in [0.4, 0.5) is 0 Å². The average molecular weight is 178 g/mol. The van der Waals surface area contributed by atoms with Crippen molar-refractivity contribution in [3.63, 3.8) is 0 Å². The van der Waals surface area contributed by atoms with Crippen molar-refractivity contribution in [3.8, 4) is 0 Å². The third-order valence-electron chi connectivity index (χ3n) is 1.21. The van der Waals surface area contributed by atoms with Crippen molar-refractivity contribution < 1.29 is 29.6 Å². The molecule has 6 heteroatoms. The minimum absolute atomic E-state index is 0.802. The van der Waals surface area contributed by atoms with E-state index in [4.69, 9.17) is 15.3 Å². The lowest BCUT2D eigenvalue weighted by Gasteiger charge is -2.11. The first-order chi connectivity index (χ1) is 5.54. The van der Waals surface area contributed by atoms with Gasteiger partial charge in [-0.1, -0.05) is 0 Å². The van der Waals surface area contributed by atoms with Gasteiger partial charge >= 0.3 is 5.97 Å². The highest BCUT2D eigenvalue weighted by atomic mass is 16.5. The number of carbonyl (C=O) groups excluding carboxylic acids is 2. The van der Waals surface area contributed by atoms with E-state index in [0.717, 1.165) is 7.11 Å². The summed E-state index contributed by atoms with van der Waals surface area (Å²) >= 11 is 0. The van der Waals surface area contributed by atoms with E-state index < -0.39 is 30.6 Å². The van der Waals surface area contributed by atoms with Crippen molar-refractivity contribution in [1.29, 1.82) is 0 Å². The minimum Gasteiger partial charge on any atom is -0.463 e. The van der Waals surface area contributed by atoms with E-state index in [0.29, 0.717) is 0 Å². The summed E-state index contributed by atoms with van der Waals surface area (Å²) in [4.78, 5) is 21.1. The van der Waals surface area contributed by atoms with E-state index in [1.165, 1.54) is 0 Å². The maximum Gasteiger partial charge on any atom is 0.377 e. The van der Waals surface area contributed by atoms with Gasteiger partial charge in [-0.15, -0.1) is 0 Å². The summed E-state index contributed by atoms with van der Waals surface area (Å²) in [6.45, 7) is -0.802. The Balaban J connectivity index is 4.19. The van der Waals surface area contributed by atoms with Crippen molar-refractivity contribution in [2.24, 2.45) is 0 Å². The number of esters is 1. The summed E-state index contributed by atoms with van der Waals surface area (Å²) in [7, 11) is 0.971. The number of hydrogen-bond donors (Lipinski definition) is 3. The van der Waals surface area contributed by atoms with Crippen LogP contribution < -0.4 is 0 Å². The van der Waals surface area contributed by atoms with Crippen LogP contribution in [0.15, 0.2) is 0 Å². The molecule has 0 spiro atoms. The van der Waals surface area contributed by atoms with E-state index in [9.17, 15) is 9.59 Å². The highest BCUT2D eigenvalue weighted by Gasteiger charge is 2.29. The lowest BCUT2D eigenvalue weighted by atomic mass is 10.1. The molecule has 0 saturated carbocycles. The second-order valence-electron chi connectivity index (χ2n) is 2.05. The Labute approximate surface area is 68.4 Å². The molecule has 0 aromatic carbocycles. The second-order valence-corrected chi connectivity index (χ2v) is 2.05. The van der Waals surface area contributed by atoms with E-state index in [-0.39, 0.29) is 0 Å². The summed E-state index contributed by atoms with van der Waals surface area (Å²) in [6, 6.07) is 0. The Morgan fingerprint density at radius 3 is 2.25 bits per heavy atom. The number of aliphatic hydroxyl groups is 3. The minimum atomic E-state index is -1.93. The van der Waals surface area contributed by atoms with Gasteiger partial charge < -0.3 is 20.1 Å². The maximum atomic E-state index is 10.7. The highest BCUT2D eigenvalue weighted by Crippen LogP contribution is 1.95. The first-order valence-corrected chi connectivity index (χ1v) is 3.13. The Hall–Kier alpha value is -0.980. The number of methoxy groups -OCH3 is 1. The van der Waals surface area contributed by atoms with Gasteiger partial charge in [0, 0.05) is 0 Å². The van der Waals surface area contributed by atoms with E-state index in [1.54, 1.807) is 0 Å². The van der Waals surface area contributed by atoms with Gasteiger partial charge in [0.25, 0.3) is 5.78 Å². The van der Waals surface area contributed by atoms with E-state index >= 15 is 0 Å². The predicted molar refractivity (Wildman–Crippen MR) is 36.1 cm³/mol. The monoisotopic (exact) mass is 178 g/mol. The standard InChI is InChI=1S/C6H10O6/c1-12-6(11)5(10)4(9)3(8)2-7/h3-4,7-9H,2H2,1H3/t3?,4-/m1/s1. The van der Waals surface area contributed by atoms with Crippen LogP contribution in [0.5, 0.6) is 0 Å². The number of Topliss-reactive ketones (excluding diaryl/α,β-unsaturated/α-hetero) is 1. The van der Waals surface area contributed by atoms with Crippen molar-refractivity contribution >= 4 is 11.8 Å². The van der Waals surface area contributed by atoms with Gasteiger partial charge in [0.2, 0.25) is 0 Å². The SMILES string of the molecule is COC(=O)C(=O)[C@H](O)C(O)CO. The zero-order valence-corrected chi connectivity index (χ0v) is 6.43. The zero-order chi connectivity index (χ0) is 9.72. The summed E-state index contributed by atoms with van der Waals surface area (Å²) in [5, 5.41) is 25.8. The molecule has 0 fully saturated rings. The third-order valence-corrected chi connectivity index (χ3v) is 1.21. The van der Waals surface area contributed by atoms with Crippen LogP contribution in [0.2, 0.25) is 0 Å². The van der Waals surface area contributed by atoms with Crippen LogP contribution in [-0.4, -0.2) is 53.0 Å². The zero-order valence-electron chi connectivity index (χ0n) is 6.43. The lowest BCUT2D eigenvalue weighted by molar-refractivity contribution is -0.159. The molecule has 0 aromatic rings. The molecule has 0 aromatic heterocycles. The van der Waals surface area contributed by atoms with Gasteiger partial charge in [0.1, 0.15) is 6.10 Å². The lowest BCUT2D eigenvalue weighted by Crippen LogP contribution is -2.40. The van der Waals surface area contributed by atoms with Crippen molar-refractivity contribution in [2.45, 2.75) is 12.2 Å². The number of ether oxygens (including phenoxy) is 1. The molecule has 0 aliphatic rings. The Morgan fingerprint density at radius 1 is 1.42 bits per heavy atom. The van der Waals surface area contributed by atoms with Gasteiger partial charge in [-0.25, -0.2) is 4.79 Å². The molecule has 2 atom stereocenters. The number of hydrogen-bond acceptors (Lipinski definition) is 6. The second kappa shape index (κ2) is 4.81. The molecule has 6 nitrogen and oxygen atoms in total. The summed E-state index contributed by atoms with van der Waals surface area (Å²) in [6.07, 6.45) is -3.58. The number of carbonyl (C=O) groups is 2. The van der Waals surface area contributed by atoms with Crippen LogP contribution in [0, 0.1) is 0 Å². The number of aliphatic hydroxyl groups excluding tert-OH is 3. The molecule has 0 saturated heterocycles. The van der Waals surface area contributed by atoms with Crippen molar-refractivity contribution in [3.05, 3.63) is 0 Å². The van der Waals surface area contributed by atoms with Crippen LogP contribution in [0.25, 0.3) is 0 Å². The Kier molecular flexibility index (Phi) is 4.42. The first-order valence-electron chi connectivity index (χ1n) is 3.13. The average Bonchev–Trinajstić information content (AvgIpc) is 2.12. The molecule has 0 amide bonds. The molecule has 70 valence electrons. The fourth-order valence-corrected chi connectivity index (χ4v) is 0.496. The summed E-state index contributed by atoms with van der Waals surface area (Å²) < 4.78 is 3.99. The normalized spacial score (nSPS) is 15.0. The highest BCUT2D eigenvalue weighted by molar-refractivity contribution is 6.35. The largest absolute Gasteiger partial charge is 0.463 e. The predicted octanol–water partition coefficient (Wildman–Crippen LogP) is -2.56. The molecular formula is C6H10O6. The van der Waals surface area contributed by atoms with Gasteiger partial charge in [0.05, 0.1) is 13.7 Å². The van der Waals surface area contributed by atoms with Gasteiger partial charge in [-0.2, -0.15) is 0 Å². The number of ketones is 1. The van der Waals surface area contributed by atoms with Crippen LogP contribution >= 0.6 is 0 Å². The molecule has 0 heterocycles. The topological polar surface area (TPSA) is 104 Å². The van der Waals surface area contributed by atoms with Gasteiger partial charge in [0.15, 0.2) is 6.10 Å². The molecule has 0 aliphatic heterocycles. The fraction of sp³-hybridized carbons (Fsp3) is 0.667. The van der Waals surface area contributed by atoms with Crippen LogP contribution in [-0.2, 0) is 14.3 Å². The molecule has 0 radical (unpaired) electrons. The molecular weight excluding hydrogens is 168 g/mol. The Bertz CT molecular complexity index is 177. The fourth-order valence-electron chi connectivity index (χ4n) is 0.496. The maximum absolute atomic E-state index is 10.7. The van der Waals surface area contributed by atoms with Gasteiger partial charge in [-0.3, -0.25) is 4.79 Å². The van der Waals surface area contributed by atoms with Crippen LogP contribution in [0.3, 0.4) is 0 Å². The number of rotatable bonds is 4. The molecule has 12 heavy (non-hydrogen) atoms. The molecule has 1 unspecified atom stereocenters.